The van der Waals surface area contributed by atoms with Gasteiger partial charge in [-0.1, -0.05) is 40.2 Å². The van der Waals surface area contributed by atoms with Crippen molar-refractivity contribution in [2.45, 2.75) is 6.42 Å². The maximum atomic E-state index is 11.7. The Morgan fingerprint density at radius 3 is 2.30 bits per heavy atom. The minimum Gasteiger partial charge on any atom is -0.481 e. The van der Waals surface area contributed by atoms with Crippen molar-refractivity contribution < 1.29 is 14.7 Å². The van der Waals surface area contributed by atoms with Gasteiger partial charge in [0.25, 0.3) is 0 Å². The standard InChI is InChI=1S/C17H15BrN2O3/c18-14-5-1-12(2-6-14)9-10-19-17(23)20-15-7-3-13(4-8-15)11-16(21)22/h1-10H,11H2,(H,21,22)(H2,19,20,23)/b10-9+. The number of carboxylic acids is 1. The molecule has 0 spiro atoms. The van der Waals surface area contributed by atoms with Crippen LogP contribution in [-0.2, 0) is 11.2 Å². The second kappa shape index (κ2) is 8.14. The molecule has 0 saturated heterocycles. The van der Waals surface area contributed by atoms with E-state index in [1.165, 1.54) is 0 Å². The lowest BCUT2D eigenvalue weighted by atomic mass is 10.1. The third kappa shape index (κ3) is 5.96. The van der Waals surface area contributed by atoms with Crippen molar-refractivity contribution in [3.8, 4) is 0 Å². The molecule has 0 bridgehead atoms. The van der Waals surface area contributed by atoms with E-state index in [0.29, 0.717) is 11.3 Å². The molecule has 6 heteroatoms. The first-order valence-corrected chi connectivity index (χ1v) is 7.62. The Hall–Kier alpha value is -2.60. The van der Waals surface area contributed by atoms with E-state index in [-0.39, 0.29) is 12.5 Å². The molecular weight excluding hydrogens is 360 g/mol. The number of carboxylic acid groups (broad SMARTS) is 1. The first-order chi connectivity index (χ1) is 11.0. The van der Waals surface area contributed by atoms with Gasteiger partial charge in [-0.3, -0.25) is 4.79 Å². The lowest BCUT2D eigenvalue weighted by Crippen LogP contribution is -2.23. The highest BCUT2D eigenvalue weighted by Crippen LogP contribution is 2.12. The van der Waals surface area contributed by atoms with Crippen LogP contribution < -0.4 is 10.6 Å². The number of rotatable bonds is 5. The molecule has 5 nitrogen and oxygen atoms in total. The summed E-state index contributed by atoms with van der Waals surface area (Å²) in [5.74, 6) is -0.887. The zero-order chi connectivity index (χ0) is 16.7. The van der Waals surface area contributed by atoms with Crippen molar-refractivity contribution in [1.82, 2.24) is 5.32 Å². The smallest absolute Gasteiger partial charge is 0.323 e. The van der Waals surface area contributed by atoms with Crippen LogP contribution >= 0.6 is 15.9 Å². The van der Waals surface area contributed by atoms with Crippen LogP contribution in [0.25, 0.3) is 6.08 Å². The predicted octanol–water partition coefficient (Wildman–Crippen LogP) is 3.87. The number of hydrogen-bond donors (Lipinski definition) is 3. The van der Waals surface area contributed by atoms with E-state index in [1.54, 1.807) is 36.5 Å². The Balaban J connectivity index is 1.84. The monoisotopic (exact) mass is 374 g/mol. The van der Waals surface area contributed by atoms with Gasteiger partial charge in [-0.25, -0.2) is 4.79 Å². The third-order valence-corrected chi connectivity index (χ3v) is 3.46. The zero-order valence-corrected chi connectivity index (χ0v) is 13.7. The molecule has 2 rings (SSSR count). The number of benzene rings is 2. The first-order valence-electron chi connectivity index (χ1n) is 6.83. The van der Waals surface area contributed by atoms with Crippen molar-refractivity contribution in [2.75, 3.05) is 5.32 Å². The van der Waals surface area contributed by atoms with Crippen LogP contribution in [0.2, 0.25) is 0 Å². The van der Waals surface area contributed by atoms with Gasteiger partial charge in [0, 0.05) is 16.4 Å². The quantitative estimate of drug-likeness (QED) is 0.743. The SMILES string of the molecule is O=C(O)Cc1ccc(NC(=O)N/C=C/c2ccc(Br)cc2)cc1. The molecule has 0 heterocycles. The van der Waals surface area contributed by atoms with Crippen molar-refractivity contribution in [3.05, 3.63) is 70.3 Å². The molecule has 0 fully saturated rings. The fourth-order valence-corrected chi connectivity index (χ4v) is 2.10. The van der Waals surface area contributed by atoms with Gasteiger partial charge in [0.1, 0.15) is 0 Å². The number of halogens is 1. The number of carbonyl (C=O) groups excluding carboxylic acids is 1. The molecule has 118 valence electrons. The summed E-state index contributed by atoms with van der Waals surface area (Å²) >= 11 is 3.36. The number of amides is 2. The maximum absolute atomic E-state index is 11.7. The van der Waals surface area contributed by atoms with Gasteiger partial charge in [0.05, 0.1) is 6.42 Å². The van der Waals surface area contributed by atoms with E-state index < -0.39 is 5.97 Å². The second-order valence-corrected chi connectivity index (χ2v) is 5.67. The van der Waals surface area contributed by atoms with Crippen LogP contribution in [0.1, 0.15) is 11.1 Å². The van der Waals surface area contributed by atoms with Crippen LogP contribution in [0.3, 0.4) is 0 Å². The highest BCUT2D eigenvalue weighted by molar-refractivity contribution is 9.10. The van der Waals surface area contributed by atoms with Crippen molar-refractivity contribution in [2.24, 2.45) is 0 Å². The number of hydrogen-bond acceptors (Lipinski definition) is 2. The average molecular weight is 375 g/mol. The van der Waals surface area contributed by atoms with E-state index in [0.717, 1.165) is 10.0 Å². The summed E-state index contributed by atoms with van der Waals surface area (Å²) in [5, 5.41) is 14.0. The Bertz CT molecular complexity index is 710. The highest BCUT2D eigenvalue weighted by atomic mass is 79.9. The van der Waals surface area contributed by atoms with Crippen molar-refractivity contribution in [3.63, 3.8) is 0 Å². The second-order valence-electron chi connectivity index (χ2n) is 4.75. The molecule has 2 amide bonds. The highest BCUT2D eigenvalue weighted by Gasteiger charge is 2.02. The third-order valence-electron chi connectivity index (χ3n) is 2.93. The van der Waals surface area contributed by atoms with Crippen LogP contribution in [0.15, 0.2) is 59.2 Å². The van der Waals surface area contributed by atoms with Crippen LogP contribution in [0, 0.1) is 0 Å². The summed E-state index contributed by atoms with van der Waals surface area (Å²) in [5.41, 5.74) is 2.23. The lowest BCUT2D eigenvalue weighted by Gasteiger charge is -2.05. The maximum Gasteiger partial charge on any atom is 0.323 e. The minimum atomic E-state index is -0.887. The molecule has 0 aliphatic heterocycles. The van der Waals surface area contributed by atoms with E-state index >= 15 is 0 Å². The lowest BCUT2D eigenvalue weighted by molar-refractivity contribution is -0.136. The van der Waals surface area contributed by atoms with E-state index in [4.69, 9.17) is 5.11 Å². The average Bonchev–Trinajstić information content (AvgIpc) is 2.51. The fraction of sp³-hybridized carbons (Fsp3) is 0.0588. The molecule has 0 saturated carbocycles. The molecule has 0 atom stereocenters. The Kier molecular flexibility index (Phi) is 5.94. The summed E-state index contributed by atoms with van der Waals surface area (Å²) in [6.07, 6.45) is 3.29. The van der Waals surface area contributed by atoms with Crippen LogP contribution in [0.5, 0.6) is 0 Å². The fourth-order valence-electron chi connectivity index (χ4n) is 1.84. The molecule has 0 aliphatic carbocycles. The van der Waals surface area contributed by atoms with Crippen LogP contribution in [0.4, 0.5) is 10.5 Å². The first kappa shape index (κ1) is 16.8. The van der Waals surface area contributed by atoms with Crippen LogP contribution in [-0.4, -0.2) is 17.1 Å². The van der Waals surface area contributed by atoms with Crippen molar-refractivity contribution >= 4 is 39.7 Å². The molecule has 0 unspecified atom stereocenters. The summed E-state index contributed by atoms with van der Waals surface area (Å²) in [6, 6.07) is 14.0. The minimum absolute atomic E-state index is 0.0393. The molecule has 2 aromatic carbocycles. The van der Waals surface area contributed by atoms with Gasteiger partial charge in [0.15, 0.2) is 0 Å². The van der Waals surface area contributed by atoms with Gasteiger partial charge in [-0.2, -0.15) is 0 Å². The number of urea groups is 1. The predicted molar refractivity (Wildman–Crippen MR) is 93.1 cm³/mol. The molecule has 3 N–H and O–H groups in total. The summed E-state index contributed by atoms with van der Waals surface area (Å²) in [7, 11) is 0. The normalized spacial score (nSPS) is 10.5. The number of carbonyl (C=O) groups is 2. The van der Waals surface area contributed by atoms with Gasteiger partial charge >= 0.3 is 12.0 Å². The number of anilines is 1. The van der Waals surface area contributed by atoms with E-state index in [2.05, 4.69) is 26.6 Å². The molecular formula is C17H15BrN2O3. The Morgan fingerprint density at radius 2 is 1.70 bits per heavy atom. The molecule has 0 radical (unpaired) electrons. The van der Waals surface area contributed by atoms with Gasteiger partial charge in [-0.05, 0) is 41.5 Å². The molecule has 23 heavy (non-hydrogen) atoms. The summed E-state index contributed by atoms with van der Waals surface area (Å²) in [6.45, 7) is 0. The molecule has 0 aromatic heterocycles. The zero-order valence-electron chi connectivity index (χ0n) is 12.1. The summed E-state index contributed by atoms with van der Waals surface area (Å²) < 4.78 is 0.992. The van der Waals surface area contributed by atoms with Gasteiger partial charge < -0.3 is 15.7 Å². The Labute approximate surface area is 142 Å². The van der Waals surface area contributed by atoms with Crippen molar-refractivity contribution in [1.29, 1.82) is 0 Å². The topological polar surface area (TPSA) is 78.4 Å². The summed E-state index contributed by atoms with van der Waals surface area (Å²) in [4.78, 5) is 22.3. The largest absolute Gasteiger partial charge is 0.481 e. The number of nitrogens with one attached hydrogen (secondary N) is 2. The number of aliphatic carboxylic acids is 1. The molecule has 2 aromatic rings. The van der Waals surface area contributed by atoms with E-state index in [9.17, 15) is 9.59 Å². The van der Waals surface area contributed by atoms with E-state index in [1.807, 2.05) is 24.3 Å². The van der Waals surface area contributed by atoms with Gasteiger partial charge in [0.2, 0.25) is 0 Å². The Morgan fingerprint density at radius 1 is 1.04 bits per heavy atom. The van der Waals surface area contributed by atoms with Gasteiger partial charge in [-0.15, -0.1) is 0 Å². The molecule has 0 aliphatic rings.